The lowest BCUT2D eigenvalue weighted by Gasteiger charge is -2.15. The summed E-state index contributed by atoms with van der Waals surface area (Å²) < 4.78 is 42.7. The maximum Gasteiger partial charge on any atom is 0.411 e. The van der Waals surface area contributed by atoms with Crippen LogP contribution < -0.4 is 5.32 Å². The summed E-state index contributed by atoms with van der Waals surface area (Å²) in [7, 11) is 0. The van der Waals surface area contributed by atoms with Crippen LogP contribution in [-0.2, 0) is 17.7 Å². The van der Waals surface area contributed by atoms with Crippen LogP contribution in [-0.4, -0.2) is 30.5 Å². The van der Waals surface area contributed by atoms with Crippen molar-refractivity contribution in [3.63, 3.8) is 0 Å². The highest BCUT2D eigenvalue weighted by molar-refractivity contribution is 5.29. The van der Waals surface area contributed by atoms with Crippen LogP contribution in [0.1, 0.15) is 43.4 Å². The molecule has 120 valence electrons. The Hall–Kier alpha value is -1.01. The Bertz CT molecular complexity index is 443. The molecule has 6 heteroatoms. The monoisotopic (exact) mass is 304 g/mol. The summed E-state index contributed by atoms with van der Waals surface area (Å²) in [6.07, 6.45) is 4.42. The average Bonchev–Trinajstić information content (AvgIpc) is 2.72. The number of nitrogens with one attached hydrogen (secondary N) is 1. The molecule has 0 bridgehead atoms. The zero-order chi connectivity index (χ0) is 15.3. The summed E-state index contributed by atoms with van der Waals surface area (Å²) in [6, 6.07) is 0.366. The van der Waals surface area contributed by atoms with Crippen LogP contribution in [0.2, 0.25) is 0 Å². The first-order valence-electron chi connectivity index (χ1n) is 7.56. The van der Waals surface area contributed by atoms with E-state index in [0.717, 1.165) is 19.4 Å². The van der Waals surface area contributed by atoms with Crippen LogP contribution in [0.25, 0.3) is 0 Å². The number of halogens is 3. The first-order valence-corrected chi connectivity index (χ1v) is 7.56. The quantitative estimate of drug-likeness (QED) is 0.643. The van der Waals surface area contributed by atoms with Gasteiger partial charge in [-0.2, -0.15) is 13.2 Å². The Balaban J connectivity index is 1.92. The van der Waals surface area contributed by atoms with Crippen molar-refractivity contribution < 1.29 is 17.9 Å². The van der Waals surface area contributed by atoms with Gasteiger partial charge in [0.1, 0.15) is 6.61 Å². The fourth-order valence-electron chi connectivity index (χ4n) is 2.86. The highest BCUT2D eigenvalue weighted by Gasteiger charge is 2.27. The van der Waals surface area contributed by atoms with E-state index in [1.165, 1.54) is 24.0 Å². The Morgan fingerprint density at radius 3 is 2.86 bits per heavy atom. The summed E-state index contributed by atoms with van der Waals surface area (Å²) in [4.78, 5) is 0. The van der Waals surface area contributed by atoms with Crippen LogP contribution >= 0.6 is 0 Å². The van der Waals surface area contributed by atoms with Gasteiger partial charge in [-0.15, -0.1) is 0 Å². The van der Waals surface area contributed by atoms with E-state index in [4.69, 9.17) is 0 Å². The summed E-state index contributed by atoms with van der Waals surface area (Å²) in [5, 5.41) is 3.49. The van der Waals surface area contributed by atoms with Gasteiger partial charge < -0.3 is 14.6 Å². The van der Waals surface area contributed by atoms with Gasteiger partial charge in [-0.1, -0.05) is 13.3 Å². The summed E-state index contributed by atoms with van der Waals surface area (Å²) in [5.74, 6) is 0. The summed E-state index contributed by atoms with van der Waals surface area (Å²) in [5.41, 5.74) is 2.61. The molecule has 1 unspecified atom stereocenters. The zero-order valence-electron chi connectivity index (χ0n) is 12.4. The molecule has 1 atom stereocenters. The Kier molecular flexibility index (Phi) is 5.70. The second-order valence-corrected chi connectivity index (χ2v) is 5.50. The first kappa shape index (κ1) is 16.4. The van der Waals surface area contributed by atoms with Crippen molar-refractivity contribution in [2.75, 3.05) is 19.8 Å². The predicted molar refractivity (Wildman–Crippen MR) is 75.3 cm³/mol. The third-order valence-electron chi connectivity index (χ3n) is 3.77. The minimum atomic E-state index is -4.25. The van der Waals surface area contributed by atoms with Crippen molar-refractivity contribution in [1.29, 1.82) is 0 Å². The van der Waals surface area contributed by atoms with Gasteiger partial charge in [0.25, 0.3) is 0 Å². The van der Waals surface area contributed by atoms with E-state index in [2.05, 4.69) is 29.4 Å². The highest BCUT2D eigenvalue weighted by atomic mass is 19.4. The predicted octanol–water partition coefficient (Wildman–Crippen LogP) is 3.44. The number of ether oxygens (including phenoxy) is 1. The number of aryl methyl sites for hydroxylation is 1. The van der Waals surface area contributed by atoms with Crippen molar-refractivity contribution >= 4 is 0 Å². The van der Waals surface area contributed by atoms with Gasteiger partial charge in [0.05, 0.1) is 6.61 Å². The van der Waals surface area contributed by atoms with Gasteiger partial charge in [0, 0.05) is 25.0 Å². The molecule has 1 heterocycles. The number of hydrogen-bond acceptors (Lipinski definition) is 2. The van der Waals surface area contributed by atoms with E-state index < -0.39 is 12.8 Å². The molecular weight excluding hydrogens is 281 g/mol. The summed E-state index contributed by atoms with van der Waals surface area (Å²) >= 11 is 0. The molecule has 0 spiro atoms. The molecule has 21 heavy (non-hydrogen) atoms. The van der Waals surface area contributed by atoms with Gasteiger partial charge in [-0.25, -0.2) is 0 Å². The Morgan fingerprint density at radius 1 is 1.33 bits per heavy atom. The van der Waals surface area contributed by atoms with Crippen LogP contribution in [0.15, 0.2) is 12.4 Å². The van der Waals surface area contributed by atoms with Crippen molar-refractivity contribution in [3.8, 4) is 0 Å². The third-order valence-corrected chi connectivity index (χ3v) is 3.77. The molecule has 1 aromatic rings. The fraction of sp³-hybridized carbons (Fsp3) is 0.733. The number of aromatic nitrogens is 1. The van der Waals surface area contributed by atoms with Crippen molar-refractivity contribution in [1.82, 2.24) is 9.88 Å². The number of fused-ring (bicyclic) bond motifs is 1. The third kappa shape index (κ3) is 5.04. The SMILES string of the molecule is CCNC1CCCCc2cn(CCOCC(F)(F)F)cc21. The van der Waals surface area contributed by atoms with Crippen molar-refractivity contribution in [2.45, 2.75) is 51.4 Å². The van der Waals surface area contributed by atoms with Gasteiger partial charge >= 0.3 is 6.18 Å². The highest BCUT2D eigenvalue weighted by Crippen LogP contribution is 2.29. The van der Waals surface area contributed by atoms with Crippen LogP contribution in [0.4, 0.5) is 13.2 Å². The Morgan fingerprint density at radius 2 is 2.14 bits per heavy atom. The largest absolute Gasteiger partial charge is 0.411 e. The smallest absolute Gasteiger partial charge is 0.370 e. The molecule has 0 radical (unpaired) electrons. The topological polar surface area (TPSA) is 26.2 Å². The minimum Gasteiger partial charge on any atom is -0.370 e. The average molecular weight is 304 g/mol. The van der Waals surface area contributed by atoms with Gasteiger partial charge in [0.2, 0.25) is 0 Å². The van der Waals surface area contributed by atoms with E-state index >= 15 is 0 Å². The molecule has 1 aliphatic carbocycles. The maximum atomic E-state index is 12.0. The molecule has 0 aliphatic heterocycles. The Labute approximate surface area is 123 Å². The van der Waals surface area contributed by atoms with E-state index in [-0.39, 0.29) is 6.61 Å². The second kappa shape index (κ2) is 7.31. The standard InChI is InChI=1S/C15H23F3N2O/c1-2-19-14-6-4-3-5-12-9-20(10-13(12)14)7-8-21-11-15(16,17)18/h9-10,14,19H,2-8,11H2,1H3. The van der Waals surface area contributed by atoms with E-state index in [1.807, 2.05) is 4.57 Å². The lowest BCUT2D eigenvalue weighted by atomic mass is 10.0. The van der Waals surface area contributed by atoms with Crippen molar-refractivity contribution in [2.24, 2.45) is 0 Å². The lowest BCUT2D eigenvalue weighted by Crippen LogP contribution is -2.20. The van der Waals surface area contributed by atoms with Crippen LogP contribution in [0, 0.1) is 0 Å². The van der Waals surface area contributed by atoms with Crippen LogP contribution in [0.5, 0.6) is 0 Å². The van der Waals surface area contributed by atoms with E-state index in [9.17, 15) is 13.2 Å². The normalized spacial score (nSPS) is 19.3. The van der Waals surface area contributed by atoms with Gasteiger partial charge in [0.15, 0.2) is 0 Å². The molecule has 0 amide bonds. The van der Waals surface area contributed by atoms with Crippen molar-refractivity contribution in [3.05, 3.63) is 23.5 Å². The molecule has 0 saturated heterocycles. The van der Waals surface area contributed by atoms with Crippen LogP contribution in [0.3, 0.4) is 0 Å². The number of hydrogen-bond donors (Lipinski definition) is 1. The molecular formula is C15H23F3N2O. The molecule has 3 nitrogen and oxygen atoms in total. The molecule has 2 rings (SSSR count). The van der Waals surface area contributed by atoms with Gasteiger partial charge in [-0.05, 0) is 36.9 Å². The first-order chi connectivity index (χ1) is 9.99. The molecule has 0 saturated carbocycles. The zero-order valence-corrected chi connectivity index (χ0v) is 12.4. The maximum absolute atomic E-state index is 12.0. The summed E-state index contributed by atoms with van der Waals surface area (Å²) in [6.45, 7) is 2.38. The molecule has 1 N–H and O–H groups in total. The molecule has 0 aromatic carbocycles. The number of rotatable bonds is 6. The van der Waals surface area contributed by atoms with E-state index in [0.29, 0.717) is 12.6 Å². The van der Waals surface area contributed by atoms with E-state index in [1.54, 1.807) is 0 Å². The molecule has 0 fully saturated rings. The number of alkyl halides is 3. The fourth-order valence-corrected chi connectivity index (χ4v) is 2.86. The lowest BCUT2D eigenvalue weighted by molar-refractivity contribution is -0.174. The molecule has 1 aliphatic rings. The minimum absolute atomic E-state index is 0.0823. The van der Waals surface area contributed by atoms with Gasteiger partial charge in [-0.3, -0.25) is 0 Å². The number of nitrogens with zero attached hydrogens (tertiary/aromatic N) is 1. The molecule has 1 aromatic heterocycles. The second-order valence-electron chi connectivity index (χ2n) is 5.50.